The summed E-state index contributed by atoms with van der Waals surface area (Å²) in [6.45, 7) is 2.63. The Balaban J connectivity index is 1.94. The minimum absolute atomic E-state index is 0.186. The Morgan fingerprint density at radius 1 is 1.37 bits per heavy atom. The van der Waals surface area contributed by atoms with Crippen molar-refractivity contribution in [3.63, 3.8) is 0 Å². The van der Waals surface area contributed by atoms with Crippen LogP contribution < -0.4 is 15.4 Å². The monoisotopic (exact) mass is 285 g/mol. The number of sulfonamides is 1. The van der Waals surface area contributed by atoms with Crippen LogP contribution in [-0.4, -0.2) is 34.1 Å². The molecule has 1 aromatic rings. The van der Waals surface area contributed by atoms with Gasteiger partial charge in [-0.05, 0) is 30.5 Å². The van der Waals surface area contributed by atoms with Crippen LogP contribution in [0.4, 0.5) is 10.1 Å². The van der Waals surface area contributed by atoms with E-state index in [1.807, 2.05) is 4.90 Å². The lowest BCUT2D eigenvalue weighted by atomic mass is 10.1. The van der Waals surface area contributed by atoms with Gasteiger partial charge < -0.3 is 10.2 Å². The third-order valence-electron chi connectivity index (χ3n) is 4.00. The number of nitrogens with two attached hydrogens (primary N) is 1. The van der Waals surface area contributed by atoms with Gasteiger partial charge in [-0.25, -0.2) is 17.9 Å². The second-order valence-electron chi connectivity index (χ2n) is 5.13. The van der Waals surface area contributed by atoms with Crippen molar-refractivity contribution in [1.82, 2.24) is 5.32 Å². The Kier molecular flexibility index (Phi) is 2.99. The van der Waals surface area contributed by atoms with Gasteiger partial charge in [0.1, 0.15) is 5.82 Å². The van der Waals surface area contributed by atoms with E-state index in [0.29, 0.717) is 17.6 Å². The number of nitrogens with zero attached hydrogens (tertiary/aromatic N) is 1. The summed E-state index contributed by atoms with van der Waals surface area (Å²) >= 11 is 0. The largest absolute Gasteiger partial charge is 0.365 e. The maximum atomic E-state index is 14.1. The van der Waals surface area contributed by atoms with Crippen molar-refractivity contribution in [1.29, 1.82) is 0 Å². The highest BCUT2D eigenvalue weighted by molar-refractivity contribution is 7.89. The number of anilines is 1. The van der Waals surface area contributed by atoms with Crippen LogP contribution >= 0.6 is 0 Å². The molecular formula is C12H16FN3O2S. The number of halogens is 1. The molecule has 0 unspecified atom stereocenters. The third-order valence-corrected chi connectivity index (χ3v) is 4.91. The van der Waals surface area contributed by atoms with E-state index in [-0.39, 0.29) is 4.90 Å². The first-order chi connectivity index (χ1) is 8.97. The first-order valence-corrected chi connectivity index (χ1v) is 7.81. The molecular weight excluding hydrogens is 269 g/mol. The number of fused-ring (bicyclic) bond motifs is 1. The molecule has 2 saturated heterocycles. The van der Waals surface area contributed by atoms with Crippen LogP contribution in [0.3, 0.4) is 0 Å². The minimum Gasteiger partial charge on any atom is -0.365 e. The van der Waals surface area contributed by atoms with Crippen LogP contribution in [0.5, 0.6) is 0 Å². The summed E-state index contributed by atoms with van der Waals surface area (Å²) in [5, 5.41) is 8.30. The maximum Gasteiger partial charge on any atom is 0.238 e. The van der Waals surface area contributed by atoms with E-state index in [2.05, 4.69) is 5.32 Å². The van der Waals surface area contributed by atoms with Crippen LogP contribution in [0.25, 0.3) is 0 Å². The van der Waals surface area contributed by atoms with E-state index >= 15 is 0 Å². The predicted octanol–water partition coefficient (Wildman–Crippen LogP) is 0.271. The van der Waals surface area contributed by atoms with Crippen LogP contribution in [0.2, 0.25) is 0 Å². The number of nitrogens with one attached hydrogen (secondary N) is 1. The van der Waals surface area contributed by atoms with Gasteiger partial charge in [0.05, 0.1) is 10.6 Å². The Morgan fingerprint density at radius 2 is 2.16 bits per heavy atom. The molecule has 0 aliphatic carbocycles. The lowest BCUT2D eigenvalue weighted by Crippen LogP contribution is -2.34. The van der Waals surface area contributed by atoms with Crippen molar-refractivity contribution in [3.8, 4) is 0 Å². The van der Waals surface area contributed by atoms with Gasteiger partial charge in [0.2, 0.25) is 10.0 Å². The van der Waals surface area contributed by atoms with E-state index < -0.39 is 15.8 Å². The highest BCUT2D eigenvalue weighted by Gasteiger charge is 2.38. The number of rotatable bonds is 2. The van der Waals surface area contributed by atoms with Crippen LogP contribution in [-0.2, 0) is 10.0 Å². The smallest absolute Gasteiger partial charge is 0.238 e. The van der Waals surface area contributed by atoms with E-state index in [4.69, 9.17) is 5.14 Å². The van der Waals surface area contributed by atoms with E-state index in [1.54, 1.807) is 0 Å². The summed E-state index contributed by atoms with van der Waals surface area (Å²) in [6.07, 6.45) is 1.04. The molecule has 104 valence electrons. The second-order valence-corrected chi connectivity index (χ2v) is 6.69. The van der Waals surface area contributed by atoms with E-state index in [9.17, 15) is 12.8 Å². The topological polar surface area (TPSA) is 75.4 Å². The van der Waals surface area contributed by atoms with Crippen LogP contribution in [0.15, 0.2) is 23.1 Å². The Morgan fingerprint density at radius 3 is 2.84 bits per heavy atom. The van der Waals surface area contributed by atoms with Crippen LogP contribution in [0, 0.1) is 11.7 Å². The maximum absolute atomic E-state index is 14.1. The first kappa shape index (κ1) is 12.8. The van der Waals surface area contributed by atoms with Gasteiger partial charge in [0.15, 0.2) is 0 Å². The molecule has 7 heteroatoms. The molecule has 0 amide bonds. The summed E-state index contributed by atoms with van der Waals surface area (Å²) in [4.78, 5) is 1.83. The molecule has 0 radical (unpaired) electrons. The Labute approximate surface area is 111 Å². The number of hydrogen-bond donors (Lipinski definition) is 2. The molecule has 0 aromatic heterocycles. The van der Waals surface area contributed by atoms with Gasteiger partial charge in [-0.2, -0.15) is 0 Å². The number of primary sulfonamides is 1. The fourth-order valence-electron chi connectivity index (χ4n) is 3.05. The molecule has 1 aromatic carbocycles. The quantitative estimate of drug-likeness (QED) is 0.818. The highest BCUT2D eigenvalue weighted by Crippen LogP contribution is 2.33. The van der Waals surface area contributed by atoms with Crippen molar-refractivity contribution in [2.45, 2.75) is 17.4 Å². The van der Waals surface area contributed by atoms with Gasteiger partial charge in [-0.3, -0.25) is 0 Å². The lowest BCUT2D eigenvalue weighted by Gasteiger charge is -2.26. The molecule has 0 saturated carbocycles. The van der Waals surface area contributed by atoms with Gasteiger partial charge in [0.25, 0.3) is 0 Å². The molecule has 2 atom stereocenters. The highest BCUT2D eigenvalue weighted by atomic mass is 32.2. The molecule has 3 N–H and O–H groups in total. The summed E-state index contributed by atoms with van der Waals surface area (Å²) in [7, 11) is -3.85. The molecule has 2 fully saturated rings. The Hall–Kier alpha value is -1.18. The fraction of sp³-hybridized carbons (Fsp3) is 0.500. The molecule has 3 rings (SSSR count). The van der Waals surface area contributed by atoms with Gasteiger partial charge >= 0.3 is 0 Å². The van der Waals surface area contributed by atoms with Gasteiger partial charge in [-0.15, -0.1) is 0 Å². The standard InChI is InChI=1S/C12H16FN3O2S/c13-10-5-9(19(14,17)18)1-2-11(10)16-4-3-8-6-15-7-12(8)16/h1-2,5,8,12,15H,3-4,6-7H2,(H2,14,17,18)/t8-,12+/m0/s1. The van der Waals surface area contributed by atoms with Crippen LogP contribution in [0.1, 0.15) is 6.42 Å². The van der Waals surface area contributed by atoms with Crippen molar-refractivity contribution in [2.24, 2.45) is 11.1 Å². The second kappa shape index (κ2) is 4.43. The third kappa shape index (κ3) is 2.22. The molecule has 2 aliphatic heterocycles. The zero-order valence-corrected chi connectivity index (χ0v) is 11.2. The zero-order valence-electron chi connectivity index (χ0n) is 10.3. The Bertz CT molecular complexity index is 605. The fourth-order valence-corrected chi connectivity index (χ4v) is 3.57. The molecule has 2 heterocycles. The van der Waals surface area contributed by atoms with Crippen molar-refractivity contribution in [3.05, 3.63) is 24.0 Å². The van der Waals surface area contributed by atoms with E-state index in [1.165, 1.54) is 12.1 Å². The summed E-state index contributed by atoms with van der Waals surface area (Å²) < 4.78 is 36.5. The summed E-state index contributed by atoms with van der Waals surface area (Å²) in [5.41, 5.74) is 0.462. The van der Waals surface area contributed by atoms with Gasteiger partial charge in [-0.1, -0.05) is 0 Å². The molecule has 19 heavy (non-hydrogen) atoms. The number of hydrogen-bond acceptors (Lipinski definition) is 4. The van der Waals surface area contributed by atoms with Crippen molar-refractivity contribution >= 4 is 15.7 Å². The lowest BCUT2D eigenvalue weighted by molar-refractivity contribution is 0.568. The molecule has 2 aliphatic rings. The summed E-state index contributed by atoms with van der Waals surface area (Å²) in [6, 6.07) is 4.18. The van der Waals surface area contributed by atoms with E-state index in [0.717, 1.165) is 32.1 Å². The molecule has 0 spiro atoms. The molecule has 5 nitrogen and oxygen atoms in total. The predicted molar refractivity (Wildman–Crippen MR) is 69.9 cm³/mol. The normalized spacial score (nSPS) is 26.7. The zero-order chi connectivity index (χ0) is 13.6. The SMILES string of the molecule is NS(=O)(=O)c1ccc(N2CC[C@H]3CNC[C@H]32)c(F)c1. The van der Waals surface area contributed by atoms with Crippen molar-refractivity contribution in [2.75, 3.05) is 24.5 Å². The average molecular weight is 285 g/mol. The van der Waals surface area contributed by atoms with Crippen molar-refractivity contribution < 1.29 is 12.8 Å². The average Bonchev–Trinajstić information content (AvgIpc) is 2.90. The first-order valence-electron chi connectivity index (χ1n) is 6.26. The number of benzene rings is 1. The molecule has 0 bridgehead atoms. The minimum atomic E-state index is -3.85. The summed E-state index contributed by atoms with van der Waals surface area (Å²) in [5.74, 6) is 0.0244. The van der Waals surface area contributed by atoms with Gasteiger partial charge in [0, 0.05) is 25.7 Å².